The van der Waals surface area contributed by atoms with Gasteiger partial charge in [-0.25, -0.2) is 4.98 Å². The van der Waals surface area contributed by atoms with Crippen LogP contribution < -0.4 is 5.32 Å². The summed E-state index contributed by atoms with van der Waals surface area (Å²) in [6.45, 7) is 0. The Kier molecular flexibility index (Phi) is 3.36. The van der Waals surface area contributed by atoms with Crippen molar-refractivity contribution in [3.8, 4) is 0 Å². The lowest BCUT2D eigenvalue weighted by Crippen LogP contribution is -2.32. The summed E-state index contributed by atoms with van der Waals surface area (Å²) in [5.41, 5.74) is 0. The fourth-order valence-electron chi connectivity index (χ4n) is 2.50. The van der Waals surface area contributed by atoms with E-state index in [0.29, 0.717) is 6.04 Å². The Bertz CT molecular complexity index is 307. The van der Waals surface area contributed by atoms with E-state index < -0.39 is 0 Å². The molecule has 1 aliphatic rings. The molecule has 15 heavy (non-hydrogen) atoms. The summed E-state index contributed by atoms with van der Waals surface area (Å²) < 4.78 is 1.89. The summed E-state index contributed by atoms with van der Waals surface area (Å²) in [7, 11) is 4.04. The van der Waals surface area contributed by atoms with Crippen LogP contribution in [0.1, 0.15) is 31.5 Å². The SMILES string of the molecule is CNC1CCCC(Cc2ncnn2C)C1. The number of nitrogens with zero attached hydrogens (tertiary/aromatic N) is 3. The molecule has 0 aliphatic heterocycles. The largest absolute Gasteiger partial charge is 0.317 e. The summed E-state index contributed by atoms with van der Waals surface area (Å²) >= 11 is 0. The highest BCUT2D eigenvalue weighted by molar-refractivity contribution is 4.89. The standard InChI is InChI=1S/C11H20N4/c1-12-10-5-3-4-9(6-10)7-11-13-8-14-15(11)2/h8-10,12H,3-7H2,1-2H3. The average Bonchev–Trinajstić information content (AvgIpc) is 2.65. The monoisotopic (exact) mass is 208 g/mol. The molecule has 0 radical (unpaired) electrons. The first kappa shape index (κ1) is 10.6. The molecule has 0 spiro atoms. The molecule has 0 aromatic carbocycles. The Hall–Kier alpha value is -0.900. The number of hydrogen-bond acceptors (Lipinski definition) is 3. The van der Waals surface area contributed by atoms with Crippen molar-refractivity contribution in [2.24, 2.45) is 13.0 Å². The third-order valence-electron chi connectivity index (χ3n) is 3.47. The normalized spacial score (nSPS) is 26.8. The lowest BCUT2D eigenvalue weighted by atomic mass is 9.83. The summed E-state index contributed by atoms with van der Waals surface area (Å²) in [4.78, 5) is 4.29. The molecule has 1 N–H and O–H groups in total. The van der Waals surface area contributed by atoms with Crippen LogP contribution in [0.25, 0.3) is 0 Å². The Morgan fingerprint density at radius 3 is 3.07 bits per heavy atom. The molecular weight excluding hydrogens is 188 g/mol. The smallest absolute Gasteiger partial charge is 0.138 e. The van der Waals surface area contributed by atoms with Crippen LogP contribution in [0.5, 0.6) is 0 Å². The van der Waals surface area contributed by atoms with Crippen LogP contribution >= 0.6 is 0 Å². The summed E-state index contributed by atoms with van der Waals surface area (Å²) in [6.07, 6.45) is 8.01. The third-order valence-corrected chi connectivity index (χ3v) is 3.47. The van der Waals surface area contributed by atoms with Crippen molar-refractivity contribution in [2.45, 2.75) is 38.1 Å². The zero-order valence-corrected chi connectivity index (χ0v) is 9.61. The highest BCUT2D eigenvalue weighted by Crippen LogP contribution is 2.26. The van der Waals surface area contributed by atoms with E-state index in [4.69, 9.17) is 0 Å². The van der Waals surface area contributed by atoms with Crippen LogP contribution in [0.3, 0.4) is 0 Å². The van der Waals surface area contributed by atoms with E-state index in [1.807, 2.05) is 11.7 Å². The highest BCUT2D eigenvalue weighted by Gasteiger charge is 2.22. The van der Waals surface area contributed by atoms with Crippen LogP contribution in [0, 0.1) is 5.92 Å². The molecule has 2 atom stereocenters. The van der Waals surface area contributed by atoms with Gasteiger partial charge in [0.15, 0.2) is 0 Å². The molecule has 4 nitrogen and oxygen atoms in total. The van der Waals surface area contributed by atoms with Crippen molar-refractivity contribution in [2.75, 3.05) is 7.05 Å². The molecule has 0 bridgehead atoms. The first-order chi connectivity index (χ1) is 7.29. The van der Waals surface area contributed by atoms with Crippen molar-refractivity contribution in [3.63, 3.8) is 0 Å². The van der Waals surface area contributed by atoms with E-state index in [2.05, 4.69) is 22.4 Å². The number of aryl methyl sites for hydroxylation is 1. The van der Waals surface area contributed by atoms with Gasteiger partial charge in [-0.05, 0) is 32.2 Å². The van der Waals surface area contributed by atoms with Gasteiger partial charge in [0.1, 0.15) is 12.2 Å². The predicted molar refractivity (Wildman–Crippen MR) is 59.5 cm³/mol. The molecule has 2 unspecified atom stereocenters. The van der Waals surface area contributed by atoms with E-state index in [1.54, 1.807) is 6.33 Å². The predicted octanol–water partition coefficient (Wildman–Crippen LogP) is 1.14. The summed E-state index contributed by atoms with van der Waals surface area (Å²) in [5.74, 6) is 1.90. The Balaban J connectivity index is 1.92. The third kappa shape index (κ3) is 2.56. The zero-order chi connectivity index (χ0) is 10.7. The van der Waals surface area contributed by atoms with E-state index in [9.17, 15) is 0 Å². The molecule has 1 aromatic heterocycles. The maximum Gasteiger partial charge on any atom is 0.138 e. The Morgan fingerprint density at radius 2 is 2.40 bits per heavy atom. The van der Waals surface area contributed by atoms with Crippen LogP contribution in [-0.4, -0.2) is 27.9 Å². The molecule has 1 heterocycles. The van der Waals surface area contributed by atoms with E-state index in [0.717, 1.165) is 18.2 Å². The highest BCUT2D eigenvalue weighted by atomic mass is 15.3. The summed E-state index contributed by atoms with van der Waals surface area (Å²) in [5, 5.41) is 7.50. The molecule has 1 aromatic rings. The van der Waals surface area contributed by atoms with Gasteiger partial charge >= 0.3 is 0 Å². The van der Waals surface area contributed by atoms with Gasteiger partial charge in [0.05, 0.1) is 0 Å². The quantitative estimate of drug-likeness (QED) is 0.810. The summed E-state index contributed by atoms with van der Waals surface area (Å²) in [6, 6.07) is 0.706. The van der Waals surface area contributed by atoms with E-state index in [-0.39, 0.29) is 0 Å². The van der Waals surface area contributed by atoms with Gasteiger partial charge < -0.3 is 5.32 Å². The van der Waals surface area contributed by atoms with Gasteiger partial charge in [0.25, 0.3) is 0 Å². The molecule has 84 valence electrons. The Morgan fingerprint density at radius 1 is 1.53 bits per heavy atom. The Labute approximate surface area is 91.1 Å². The zero-order valence-electron chi connectivity index (χ0n) is 9.61. The first-order valence-electron chi connectivity index (χ1n) is 5.79. The molecule has 2 rings (SSSR count). The molecule has 0 saturated heterocycles. The van der Waals surface area contributed by atoms with Gasteiger partial charge in [-0.1, -0.05) is 6.42 Å². The van der Waals surface area contributed by atoms with Gasteiger partial charge in [-0.15, -0.1) is 0 Å². The van der Waals surface area contributed by atoms with Gasteiger partial charge in [0.2, 0.25) is 0 Å². The van der Waals surface area contributed by atoms with Crippen molar-refractivity contribution in [1.29, 1.82) is 0 Å². The second-order valence-electron chi connectivity index (χ2n) is 4.52. The lowest BCUT2D eigenvalue weighted by molar-refractivity contribution is 0.289. The van der Waals surface area contributed by atoms with E-state index in [1.165, 1.54) is 25.7 Å². The van der Waals surface area contributed by atoms with Gasteiger partial charge in [0, 0.05) is 19.5 Å². The molecule has 1 fully saturated rings. The molecular formula is C11H20N4. The van der Waals surface area contributed by atoms with Crippen molar-refractivity contribution < 1.29 is 0 Å². The molecule has 1 aliphatic carbocycles. The van der Waals surface area contributed by atoms with Gasteiger partial charge in [-0.2, -0.15) is 5.10 Å². The number of hydrogen-bond donors (Lipinski definition) is 1. The topological polar surface area (TPSA) is 42.7 Å². The molecule has 4 heteroatoms. The lowest BCUT2D eigenvalue weighted by Gasteiger charge is -2.28. The molecule has 1 saturated carbocycles. The minimum Gasteiger partial charge on any atom is -0.317 e. The van der Waals surface area contributed by atoms with Crippen LogP contribution in [0.15, 0.2) is 6.33 Å². The van der Waals surface area contributed by atoms with E-state index >= 15 is 0 Å². The van der Waals surface area contributed by atoms with Crippen LogP contribution in [0.2, 0.25) is 0 Å². The minimum absolute atomic E-state index is 0.706. The number of aromatic nitrogens is 3. The van der Waals surface area contributed by atoms with Crippen molar-refractivity contribution in [1.82, 2.24) is 20.1 Å². The van der Waals surface area contributed by atoms with Gasteiger partial charge in [-0.3, -0.25) is 4.68 Å². The van der Waals surface area contributed by atoms with Crippen molar-refractivity contribution >= 4 is 0 Å². The maximum absolute atomic E-state index is 4.29. The fraction of sp³-hybridized carbons (Fsp3) is 0.818. The maximum atomic E-state index is 4.29. The fourth-order valence-corrected chi connectivity index (χ4v) is 2.50. The van der Waals surface area contributed by atoms with Crippen LogP contribution in [0.4, 0.5) is 0 Å². The molecule has 0 amide bonds. The average molecular weight is 208 g/mol. The number of nitrogens with one attached hydrogen (secondary N) is 1. The first-order valence-corrected chi connectivity index (χ1v) is 5.79. The van der Waals surface area contributed by atoms with Crippen molar-refractivity contribution in [3.05, 3.63) is 12.2 Å². The number of rotatable bonds is 3. The second kappa shape index (κ2) is 4.75. The minimum atomic E-state index is 0.706. The van der Waals surface area contributed by atoms with Crippen LogP contribution in [-0.2, 0) is 13.5 Å². The second-order valence-corrected chi connectivity index (χ2v) is 4.52.